The zero-order chi connectivity index (χ0) is 10.8. The molecule has 0 aliphatic carbocycles. The summed E-state index contributed by atoms with van der Waals surface area (Å²) in [5, 5.41) is 0.677. The highest BCUT2D eigenvalue weighted by Crippen LogP contribution is 2.20. The van der Waals surface area contributed by atoms with Gasteiger partial charge in [-0.05, 0) is 28.1 Å². The number of nitrogens with one attached hydrogen (secondary N) is 1. The molecule has 2 aromatic rings. The monoisotopic (exact) mass is 300 g/mol. The summed E-state index contributed by atoms with van der Waals surface area (Å²) in [5.74, 6) is 0.714. The molecule has 0 aliphatic rings. The third-order valence-electron chi connectivity index (χ3n) is 1.85. The summed E-state index contributed by atoms with van der Waals surface area (Å²) in [7, 11) is 0. The molecule has 1 heterocycles. The third kappa shape index (κ3) is 2.45. The number of hydrogen-bond donors (Lipinski definition) is 1. The van der Waals surface area contributed by atoms with Crippen molar-refractivity contribution >= 4 is 39.7 Å². The molecule has 0 amide bonds. The minimum absolute atomic E-state index is 0.625. The van der Waals surface area contributed by atoms with Gasteiger partial charge in [0.1, 0.15) is 10.5 Å². The van der Waals surface area contributed by atoms with Crippen LogP contribution in [0.5, 0.6) is 0 Å². The van der Waals surface area contributed by atoms with E-state index in [9.17, 15) is 0 Å². The average molecular weight is 302 g/mol. The van der Waals surface area contributed by atoms with E-state index in [0.29, 0.717) is 15.5 Å². The molecular weight excluding hydrogens is 296 g/mol. The second-order valence-corrected chi connectivity index (χ2v) is 4.62. The summed E-state index contributed by atoms with van der Waals surface area (Å²) in [6, 6.07) is 7.45. The zero-order valence-electron chi connectivity index (χ0n) is 7.50. The van der Waals surface area contributed by atoms with Gasteiger partial charge in [-0.1, -0.05) is 36.0 Å². The highest BCUT2D eigenvalue weighted by molar-refractivity contribution is 9.10. The van der Waals surface area contributed by atoms with Crippen LogP contribution in [-0.2, 0) is 0 Å². The lowest BCUT2D eigenvalue weighted by atomic mass is 10.2. The van der Waals surface area contributed by atoms with Crippen molar-refractivity contribution in [2.24, 2.45) is 0 Å². The van der Waals surface area contributed by atoms with Gasteiger partial charge in [0, 0.05) is 16.8 Å². The maximum absolute atomic E-state index is 5.89. The molecule has 0 fully saturated rings. The summed E-state index contributed by atoms with van der Waals surface area (Å²) in [4.78, 5) is 7.24. The van der Waals surface area contributed by atoms with Crippen LogP contribution in [0.4, 0.5) is 0 Å². The van der Waals surface area contributed by atoms with Gasteiger partial charge in [-0.2, -0.15) is 0 Å². The van der Waals surface area contributed by atoms with Crippen molar-refractivity contribution in [2.45, 2.75) is 0 Å². The molecule has 0 unspecified atom stereocenters. The molecule has 0 radical (unpaired) electrons. The average Bonchev–Trinajstić information content (AvgIpc) is 2.22. The van der Waals surface area contributed by atoms with E-state index < -0.39 is 0 Å². The molecule has 1 N–H and O–H groups in total. The fraction of sp³-hybridized carbons (Fsp3) is 0. The van der Waals surface area contributed by atoms with Crippen LogP contribution < -0.4 is 0 Å². The smallest absolute Gasteiger partial charge is 0.138 e. The Hall–Kier alpha value is -0.710. The van der Waals surface area contributed by atoms with Gasteiger partial charge < -0.3 is 4.98 Å². The van der Waals surface area contributed by atoms with E-state index >= 15 is 0 Å². The van der Waals surface area contributed by atoms with Crippen molar-refractivity contribution in [3.8, 4) is 11.4 Å². The Kier molecular flexibility index (Phi) is 3.19. The Balaban J connectivity index is 2.55. The van der Waals surface area contributed by atoms with Crippen LogP contribution >= 0.6 is 39.7 Å². The predicted molar refractivity (Wildman–Crippen MR) is 67.6 cm³/mol. The van der Waals surface area contributed by atoms with Gasteiger partial charge in [-0.25, -0.2) is 4.98 Å². The molecule has 15 heavy (non-hydrogen) atoms. The van der Waals surface area contributed by atoms with Crippen molar-refractivity contribution in [1.82, 2.24) is 9.97 Å². The summed E-state index contributed by atoms with van der Waals surface area (Å²) in [6.45, 7) is 0. The number of aromatic nitrogens is 2. The molecule has 76 valence electrons. The molecule has 0 atom stereocenters. The number of aromatic amines is 1. The Morgan fingerprint density at radius 2 is 2.20 bits per heavy atom. The molecule has 0 saturated carbocycles. The lowest BCUT2D eigenvalue weighted by Crippen LogP contribution is -1.89. The van der Waals surface area contributed by atoms with Crippen molar-refractivity contribution in [3.05, 3.63) is 44.6 Å². The Morgan fingerprint density at radius 3 is 2.87 bits per heavy atom. The van der Waals surface area contributed by atoms with Gasteiger partial charge >= 0.3 is 0 Å². The molecule has 5 heteroatoms. The first-order valence-electron chi connectivity index (χ1n) is 4.17. The quantitative estimate of drug-likeness (QED) is 0.799. The van der Waals surface area contributed by atoms with E-state index in [1.54, 1.807) is 6.20 Å². The topological polar surface area (TPSA) is 28.7 Å². The molecule has 0 spiro atoms. The molecular formula is C10H6BrClN2S. The maximum Gasteiger partial charge on any atom is 0.138 e. The first-order valence-corrected chi connectivity index (χ1v) is 5.75. The summed E-state index contributed by atoms with van der Waals surface area (Å²) in [5.41, 5.74) is 0.918. The fourth-order valence-electron chi connectivity index (χ4n) is 1.16. The summed E-state index contributed by atoms with van der Waals surface area (Å²) in [6.07, 6.45) is 1.68. The standard InChI is InChI=1S/C10H6BrClN2S/c11-8-5-13-9(14-10(8)15)6-2-1-3-7(12)4-6/h1-5H,(H,13,14,15). The van der Waals surface area contributed by atoms with Crippen LogP contribution in [0.2, 0.25) is 5.02 Å². The lowest BCUT2D eigenvalue weighted by molar-refractivity contribution is 1.14. The number of benzene rings is 1. The fourth-order valence-corrected chi connectivity index (χ4v) is 1.70. The predicted octanol–water partition coefficient (Wildman–Crippen LogP) is 4.22. The van der Waals surface area contributed by atoms with Crippen LogP contribution in [0.1, 0.15) is 0 Å². The van der Waals surface area contributed by atoms with Gasteiger partial charge in [0.2, 0.25) is 0 Å². The minimum atomic E-state index is 0.625. The van der Waals surface area contributed by atoms with Crippen molar-refractivity contribution in [3.63, 3.8) is 0 Å². The highest BCUT2D eigenvalue weighted by Gasteiger charge is 2.01. The molecule has 0 aliphatic heterocycles. The van der Waals surface area contributed by atoms with Crippen LogP contribution in [-0.4, -0.2) is 9.97 Å². The van der Waals surface area contributed by atoms with Crippen LogP contribution in [0.15, 0.2) is 34.9 Å². The summed E-state index contributed by atoms with van der Waals surface area (Å²) < 4.78 is 1.41. The van der Waals surface area contributed by atoms with Gasteiger partial charge in [0.25, 0.3) is 0 Å². The van der Waals surface area contributed by atoms with Gasteiger partial charge in [0.15, 0.2) is 0 Å². The largest absolute Gasteiger partial charge is 0.330 e. The van der Waals surface area contributed by atoms with E-state index in [-0.39, 0.29) is 0 Å². The first-order chi connectivity index (χ1) is 7.16. The number of rotatable bonds is 1. The van der Waals surface area contributed by atoms with E-state index in [4.69, 9.17) is 23.8 Å². The van der Waals surface area contributed by atoms with Crippen molar-refractivity contribution < 1.29 is 0 Å². The van der Waals surface area contributed by atoms with E-state index in [0.717, 1.165) is 10.0 Å². The minimum Gasteiger partial charge on any atom is -0.330 e. The van der Waals surface area contributed by atoms with Crippen molar-refractivity contribution in [1.29, 1.82) is 0 Å². The zero-order valence-corrected chi connectivity index (χ0v) is 10.7. The Bertz CT molecular complexity index is 553. The first kappa shape index (κ1) is 10.8. The van der Waals surface area contributed by atoms with Crippen LogP contribution in [0.25, 0.3) is 11.4 Å². The van der Waals surface area contributed by atoms with Crippen molar-refractivity contribution in [2.75, 3.05) is 0 Å². The normalized spacial score (nSPS) is 10.3. The Morgan fingerprint density at radius 1 is 1.40 bits per heavy atom. The SMILES string of the molecule is S=c1[nH]c(-c2cccc(Cl)c2)ncc1Br. The van der Waals surface area contributed by atoms with E-state index in [2.05, 4.69) is 25.9 Å². The van der Waals surface area contributed by atoms with E-state index in [1.807, 2.05) is 24.3 Å². The number of halogens is 2. The number of hydrogen-bond acceptors (Lipinski definition) is 2. The van der Waals surface area contributed by atoms with Gasteiger partial charge in [0.05, 0.1) is 4.47 Å². The molecule has 2 nitrogen and oxygen atoms in total. The number of H-pyrrole nitrogens is 1. The second-order valence-electron chi connectivity index (χ2n) is 2.92. The van der Waals surface area contributed by atoms with Crippen LogP contribution in [0.3, 0.4) is 0 Å². The Labute approximate surface area is 105 Å². The van der Waals surface area contributed by atoms with Gasteiger partial charge in [-0.15, -0.1) is 0 Å². The number of nitrogens with zero attached hydrogens (tertiary/aromatic N) is 1. The summed E-state index contributed by atoms with van der Waals surface area (Å²) >= 11 is 14.3. The molecule has 0 saturated heterocycles. The molecule has 0 bridgehead atoms. The lowest BCUT2D eigenvalue weighted by Gasteiger charge is -2.01. The third-order valence-corrected chi connectivity index (χ3v) is 3.27. The molecule has 2 rings (SSSR count). The molecule has 1 aromatic heterocycles. The maximum atomic E-state index is 5.89. The van der Waals surface area contributed by atoms with E-state index in [1.165, 1.54) is 0 Å². The second kappa shape index (κ2) is 4.43. The van der Waals surface area contributed by atoms with Crippen LogP contribution in [0, 0.1) is 4.64 Å². The highest BCUT2D eigenvalue weighted by atomic mass is 79.9. The van der Waals surface area contributed by atoms with Gasteiger partial charge in [-0.3, -0.25) is 0 Å². The molecule has 1 aromatic carbocycles.